The van der Waals surface area contributed by atoms with Gasteiger partial charge in [-0.3, -0.25) is 9.59 Å². The van der Waals surface area contributed by atoms with E-state index in [2.05, 4.69) is 0 Å². The molecule has 0 atom stereocenters. The second kappa shape index (κ2) is 6.05. The highest BCUT2D eigenvalue weighted by molar-refractivity contribution is 5.85. The van der Waals surface area contributed by atoms with Gasteiger partial charge in [-0.05, 0) is 31.5 Å². The number of benzene rings is 1. The Morgan fingerprint density at radius 2 is 1.78 bits per heavy atom. The molecule has 1 aromatic carbocycles. The van der Waals surface area contributed by atoms with Crippen LogP contribution in [0.15, 0.2) is 24.3 Å². The van der Waals surface area contributed by atoms with Crippen LogP contribution < -0.4 is 11.5 Å². The van der Waals surface area contributed by atoms with Crippen molar-refractivity contribution in [2.24, 2.45) is 5.73 Å². The van der Waals surface area contributed by atoms with Crippen LogP contribution in [0.5, 0.6) is 0 Å². The maximum Gasteiger partial charge on any atom is 0.237 e. The molecular formula is C13H19N3O2. The van der Waals surface area contributed by atoms with Crippen molar-refractivity contribution in [3.05, 3.63) is 29.8 Å². The molecule has 0 spiro atoms. The van der Waals surface area contributed by atoms with Gasteiger partial charge in [0, 0.05) is 11.7 Å². The summed E-state index contributed by atoms with van der Waals surface area (Å²) >= 11 is 0. The predicted molar refractivity (Wildman–Crippen MR) is 70.6 cm³/mol. The Labute approximate surface area is 107 Å². The van der Waals surface area contributed by atoms with Gasteiger partial charge in [-0.25, -0.2) is 0 Å². The molecule has 0 unspecified atom stereocenters. The van der Waals surface area contributed by atoms with E-state index in [4.69, 9.17) is 11.5 Å². The van der Waals surface area contributed by atoms with Crippen LogP contribution in [0.25, 0.3) is 0 Å². The van der Waals surface area contributed by atoms with E-state index in [1.165, 1.54) is 4.90 Å². The number of hydrogen-bond donors (Lipinski definition) is 2. The molecule has 0 aliphatic heterocycles. The van der Waals surface area contributed by atoms with Crippen LogP contribution in [0.3, 0.4) is 0 Å². The first-order chi connectivity index (χ1) is 8.40. The molecule has 0 saturated carbocycles. The minimum atomic E-state index is -0.505. The number of carbonyl (C=O) groups excluding carboxylic acids is 2. The molecule has 18 heavy (non-hydrogen) atoms. The van der Waals surface area contributed by atoms with Gasteiger partial charge in [0.15, 0.2) is 0 Å². The summed E-state index contributed by atoms with van der Waals surface area (Å²) in [6, 6.07) is 7.04. The van der Waals surface area contributed by atoms with Gasteiger partial charge < -0.3 is 16.4 Å². The predicted octanol–water partition coefficient (Wildman–Crippen LogP) is 0.534. The standard InChI is InChI=1S/C13H19N3O2/c1-9(2)16(8-12(15)17)13(18)7-10-3-5-11(14)6-4-10/h3-6,9H,7-8,14H2,1-2H3,(H2,15,17). The van der Waals surface area contributed by atoms with Crippen molar-refractivity contribution in [3.63, 3.8) is 0 Å². The van der Waals surface area contributed by atoms with E-state index >= 15 is 0 Å². The molecule has 5 nitrogen and oxygen atoms in total. The minimum Gasteiger partial charge on any atom is -0.399 e. The number of nitrogens with two attached hydrogens (primary N) is 2. The lowest BCUT2D eigenvalue weighted by Gasteiger charge is -2.25. The molecule has 0 aliphatic carbocycles. The zero-order chi connectivity index (χ0) is 13.7. The molecule has 1 aromatic rings. The maximum atomic E-state index is 12.1. The molecule has 0 heterocycles. The van der Waals surface area contributed by atoms with E-state index in [1.54, 1.807) is 24.3 Å². The lowest BCUT2D eigenvalue weighted by atomic mass is 10.1. The first-order valence-electron chi connectivity index (χ1n) is 5.82. The van der Waals surface area contributed by atoms with Crippen LogP contribution in [0.4, 0.5) is 5.69 Å². The molecule has 0 saturated heterocycles. The van der Waals surface area contributed by atoms with Gasteiger partial charge in [-0.1, -0.05) is 12.1 Å². The van der Waals surface area contributed by atoms with Gasteiger partial charge in [0.05, 0.1) is 13.0 Å². The van der Waals surface area contributed by atoms with Crippen molar-refractivity contribution in [1.82, 2.24) is 4.90 Å². The van der Waals surface area contributed by atoms with E-state index in [-0.39, 0.29) is 24.9 Å². The second-order valence-corrected chi connectivity index (χ2v) is 4.50. The molecule has 5 heteroatoms. The van der Waals surface area contributed by atoms with Crippen LogP contribution in [0.1, 0.15) is 19.4 Å². The summed E-state index contributed by atoms with van der Waals surface area (Å²) < 4.78 is 0. The van der Waals surface area contributed by atoms with E-state index in [0.29, 0.717) is 5.69 Å². The number of amides is 2. The monoisotopic (exact) mass is 249 g/mol. The van der Waals surface area contributed by atoms with Gasteiger partial charge in [-0.15, -0.1) is 0 Å². The van der Waals surface area contributed by atoms with E-state index in [9.17, 15) is 9.59 Å². The molecule has 0 radical (unpaired) electrons. The number of primary amides is 1. The first-order valence-corrected chi connectivity index (χ1v) is 5.82. The van der Waals surface area contributed by atoms with Crippen LogP contribution in [0.2, 0.25) is 0 Å². The quantitative estimate of drug-likeness (QED) is 0.746. The molecule has 2 amide bonds. The first kappa shape index (κ1) is 14.0. The van der Waals surface area contributed by atoms with Crippen molar-refractivity contribution >= 4 is 17.5 Å². The fraction of sp³-hybridized carbons (Fsp3) is 0.385. The molecule has 4 N–H and O–H groups in total. The van der Waals surface area contributed by atoms with Crippen LogP contribution >= 0.6 is 0 Å². The summed E-state index contributed by atoms with van der Waals surface area (Å²) in [6.07, 6.45) is 0.242. The van der Waals surface area contributed by atoms with Crippen molar-refractivity contribution < 1.29 is 9.59 Å². The lowest BCUT2D eigenvalue weighted by molar-refractivity contribution is -0.136. The van der Waals surface area contributed by atoms with Gasteiger partial charge in [0.25, 0.3) is 0 Å². The average molecular weight is 249 g/mol. The molecule has 0 aromatic heterocycles. The summed E-state index contributed by atoms with van der Waals surface area (Å²) in [5.41, 5.74) is 12.2. The van der Waals surface area contributed by atoms with Crippen molar-refractivity contribution in [2.45, 2.75) is 26.3 Å². The number of nitrogens with zero attached hydrogens (tertiary/aromatic N) is 1. The summed E-state index contributed by atoms with van der Waals surface area (Å²) in [5.74, 6) is -0.622. The Kier molecular flexibility index (Phi) is 4.71. The van der Waals surface area contributed by atoms with Crippen LogP contribution in [0, 0.1) is 0 Å². The molecular weight excluding hydrogens is 230 g/mol. The number of anilines is 1. The van der Waals surface area contributed by atoms with Gasteiger partial charge >= 0.3 is 0 Å². The van der Waals surface area contributed by atoms with Gasteiger partial charge in [0.1, 0.15) is 0 Å². The highest BCUT2D eigenvalue weighted by atomic mass is 16.2. The largest absolute Gasteiger partial charge is 0.399 e. The Morgan fingerprint density at radius 1 is 1.22 bits per heavy atom. The third kappa shape index (κ3) is 4.08. The van der Waals surface area contributed by atoms with Crippen molar-refractivity contribution in [2.75, 3.05) is 12.3 Å². The molecule has 98 valence electrons. The normalized spacial score (nSPS) is 10.4. The van der Waals surface area contributed by atoms with E-state index in [0.717, 1.165) is 5.56 Å². The van der Waals surface area contributed by atoms with Gasteiger partial charge in [0.2, 0.25) is 11.8 Å². The number of nitrogen functional groups attached to an aromatic ring is 1. The Balaban J connectivity index is 2.72. The minimum absolute atomic E-state index is 0.0501. The zero-order valence-electron chi connectivity index (χ0n) is 10.7. The summed E-state index contributed by atoms with van der Waals surface area (Å²) in [7, 11) is 0. The average Bonchev–Trinajstić information content (AvgIpc) is 2.28. The molecule has 0 bridgehead atoms. The van der Waals surface area contributed by atoms with Crippen molar-refractivity contribution in [3.8, 4) is 0 Å². The fourth-order valence-electron chi connectivity index (χ4n) is 1.64. The molecule has 0 fully saturated rings. The smallest absolute Gasteiger partial charge is 0.237 e. The summed E-state index contributed by atoms with van der Waals surface area (Å²) in [6.45, 7) is 3.65. The number of carbonyl (C=O) groups is 2. The van der Waals surface area contributed by atoms with Crippen LogP contribution in [-0.4, -0.2) is 29.3 Å². The highest BCUT2D eigenvalue weighted by Gasteiger charge is 2.18. The second-order valence-electron chi connectivity index (χ2n) is 4.50. The van der Waals surface area contributed by atoms with Crippen LogP contribution in [-0.2, 0) is 16.0 Å². The lowest BCUT2D eigenvalue weighted by Crippen LogP contribution is -2.43. The third-order valence-corrected chi connectivity index (χ3v) is 2.60. The number of rotatable bonds is 5. The van der Waals surface area contributed by atoms with Crippen molar-refractivity contribution in [1.29, 1.82) is 0 Å². The maximum absolute atomic E-state index is 12.1. The fourth-order valence-corrected chi connectivity index (χ4v) is 1.64. The Bertz CT molecular complexity index is 426. The van der Waals surface area contributed by atoms with E-state index in [1.807, 2.05) is 13.8 Å². The third-order valence-electron chi connectivity index (χ3n) is 2.60. The molecule has 0 aliphatic rings. The van der Waals surface area contributed by atoms with E-state index < -0.39 is 5.91 Å². The number of hydrogen-bond acceptors (Lipinski definition) is 3. The Hall–Kier alpha value is -2.04. The Morgan fingerprint density at radius 3 is 2.22 bits per heavy atom. The SMILES string of the molecule is CC(C)N(CC(N)=O)C(=O)Cc1ccc(N)cc1. The van der Waals surface area contributed by atoms with Gasteiger partial charge in [-0.2, -0.15) is 0 Å². The zero-order valence-corrected chi connectivity index (χ0v) is 10.7. The topological polar surface area (TPSA) is 89.4 Å². The summed E-state index contributed by atoms with van der Waals surface area (Å²) in [5, 5.41) is 0. The highest BCUT2D eigenvalue weighted by Crippen LogP contribution is 2.09. The molecule has 1 rings (SSSR count). The summed E-state index contributed by atoms with van der Waals surface area (Å²) in [4.78, 5) is 24.5.